The number of carbonyl (C=O) groups is 8. The van der Waals surface area contributed by atoms with Gasteiger partial charge in [0, 0.05) is 52.2 Å². The van der Waals surface area contributed by atoms with Gasteiger partial charge in [0.1, 0.15) is 88.3 Å². The van der Waals surface area contributed by atoms with E-state index in [0.717, 1.165) is 34.0 Å². The number of methoxy groups -OCH3 is 1. The first-order valence-corrected chi connectivity index (χ1v) is 35.3. The summed E-state index contributed by atoms with van der Waals surface area (Å²) in [5.74, 6) is -5.89. The van der Waals surface area contributed by atoms with Crippen molar-refractivity contribution in [2.75, 3.05) is 25.6 Å². The summed E-state index contributed by atoms with van der Waals surface area (Å²) in [6.07, 6.45) is 0.0925. The molecule has 0 unspecified atom stereocenters. The predicted molar refractivity (Wildman–Crippen MR) is 353 cm³/mol. The normalized spacial score (nSPS) is 20.8. The zero-order valence-corrected chi connectivity index (χ0v) is 56.2. The van der Waals surface area contributed by atoms with Gasteiger partial charge in [0.15, 0.2) is 0 Å². The van der Waals surface area contributed by atoms with Crippen molar-refractivity contribution in [1.29, 1.82) is 0 Å². The molecule has 0 spiro atoms. The van der Waals surface area contributed by atoms with Crippen LogP contribution in [0.2, 0.25) is 0 Å². The van der Waals surface area contributed by atoms with E-state index in [1.807, 2.05) is 13.8 Å². The molecule has 3 aliphatic rings. The van der Waals surface area contributed by atoms with Gasteiger partial charge in [0.2, 0.25) is 11.8 Å². The lowest BCUT2D eigenvalue weighted by Crippen LogP contribution is -2.45. The standard InChI is InChI=1S/C62H65N13O13S6/c1-28(2)45-59-74-48(41(94-59)23-87-5)52(80)64-22-44(77)71-49(50(78)30-9-7-6-8-10-30)58-69-40(26-91-58)56-67-38(24-90-56)47-35(54-68-39(25-89-54)51(79)66-37(21-43(76)63-4)57-73-46(29(3)93-57)53(81)72-45)19-20-36(65-47)55-70-42(27-92-55)75(33-15-11-31(12-16-33)60(82)83)62(86)88-34-17-13-32(14-18-34)61(84)85/h6-10,19-20,24-28,31-34,37,45,49-50,78H,11-18,21-23H2,1-5H3,(H,63,76)(H,64,80)(H,66,79)(H,71,77)(H,72,81)(H,82,83)(H,84,85)/t31?,32?,33?,34?,37-,45-,49-,50-/m0/s1. The predicted octanol–water partition coefficient (Wildman–Crippen LogP) is 9.54. The zero-order valence-electron chi connectivity index (χ0n) is 51.3. The summed E-state index contributed by atoms with van der Waals surface area (Å²) in [6, 6.07) is 8.87. The Balaban J connectivity index is 0.977. The highest BCUT2D eigenvalue weighted by atomic mass is 32.1. The fraction of sp³-hybridized carbons (Fsp3) is 0.403. The molecule has 1 aliphatic heterocycles. The zero-order chi connectivity index (χ0) is 66.5. The Bertz CT molecular complexity index is 4130. The number of amides is 6. The lowest BCUT2D eigenvalue weighted by atomic mass is 9.85. The SMILES string of the molecule is CNC(=O)C[C@@H]1NC(=O)c2csc(n2)-c2ccc(-c3nc(N(C(=O)OC4CCC(C(=O)O)CC4)C4CCC(C(=O)O)CC4)cs3)nc2-c2csc(n2)-c2csc(n2)[C@H]([C@@H](O)c2ccccc2)NC(=O)CNC(=O)c2nc(sc2COC)[C@H](C(C)C)NC(=O)c2nc1sc2C. The number of carboxylic acid groups (broad SMARTS) is 2. The second-order valence-electron chi connectivity index (χ2n) is 23.1. The lowest BCUT2D eigenvalue weighted by molar-refractivity contribution is -0.144. The van der Waals surface area contributed by atoms with Gasteiger partial charge < -0.3 is 51.4 Å². The number of rotatable bonds is 13. The molecule has 6 amide bonds. The van der Waals surface area contributed by atoms with Crippen molar-refractivity contribution in [3.63, 3.8) is 0 Å². The van der Waals surface area contributed by atoms with Gasteiger partial charge >= 0.3 is 18.0 Å². The molecule has 2 fully saturated rings. The number of thiazole rings is 6. The van der Waals surface area contributed by atoms with Crippen molar-refractivity contribution >= 4 is 121 Å². The summed E-state index contributed by atoms with van der Waals surface area (Å²) in [5, 5.41) is 54.5. The van der Waals surface area contributed by atoms with Crippen LogP contribution in [-0.4, -0.2) is 131 Å². The van der Waals surface area contributed by atoms with Gasteiger partial charge in [-0.2, -0.15) is 0 Å². The number of nitrogens with one attached hydrogen (secondary N) is 5. The maximum Gasteiger partial charge on any atom is 0.416 e. The third-order valence-electron chi connectivity index (χ3n) is 16.4. The molecule has 8 N–H and O–H groups in total. The number of aliphatic hydroxyl groups is 1. The number of carboxylic acids is 2. The Morgan fingerprint density at radius 3 is 2.01 bits per heavy atom. The van der Waals surface area contributed by atoms with Gasteiger partial charge in [-0.25, -0.2) is 39.7 Å². The smallest absolute Gasteiger partial charge is 0.416 e. The van der Waals surface area contributed by atoms with E-state index in [4.69, 9.17) is 44.4 Å². The summed E-state index contributed by atoms with van der Waals surface area (Å²) in [4.78, 5) is 145. The van der Waals surface area contributed by atoms with Crippen molar-refractivity contribution in [3.05, 3.63) is 111 Å². The third kappa shape index (κ3) is 15.1. The Labute approximate surface area is 562 Å². The average molecular weight is 1390 g/mol. The molecular formula is C62H65N13O13S6. The first-order valence-electron chi connectivity index (χ1n) is 30.1. The maximum atomic E-state index is 14.5. The van der Waals surface area contributed by atoms with Gasteiger partial charge in [-0.3, -0.25) is 38.5 Å². The second kappa shape index (κ2) is 29.5. The summed E-state index contributed by atoms with van der Waals surface area (Å²) in [6.45, 7) is 4.90. The van der Waals surface area contributed by atoms with E-state index >= 15 is 0 Å². The first kappa shape index (κ1) is 67.1. The first-order chi connectivity index (χ1) is 45.2. The van der Waals surface area contributed by atoms with Gasteiger partial charge in [0.25, 0.3) is 17.7 Å². The molecule has 4 atom stereocenters. The Morgan fingerprint density at radius 1 is 0.649 bits per heavy atom. The number of hydrogen-bond donors (Lipinski definition) is 8. The number of ether oxygens (including phenoxy) is 2. The van der Waals surface area contributed by atoms with Gasteiger partial charge in [-0.15, -0.1) is 68.0 Å². The van der Waals surface area contributed by atoms with Crippen LogP contribution in [0.3, 0.4) is 0 Å². The highest BCUT2D eigenvalue weighted by molar-refractivity contribution is 7.15. The number of carbonyl (C=O) groups excluding carboxylic acids is 6. The molecular weight excluding hydrogens is 1330 g/mol. The molecule has 94 heavy (non-hydrogen) atoms. The third-order valence-corrected chi connectivity index (χ3v) is 22.1. The molecule has 32 heteroatoms. The number of aliphatic hydroxyl groups excluding tert-OH is 1. The second-order valence-corrected chi connectivity index (χ2v) is 28.9. The minimum absolute atomic E-state index is 0.00609. The fourth-order valence-electron chi connectivity index (χ4n) is 11.3. The quantitative estimate of drug-likeness (QED) is 0.0532. The number of aliphatic carboxylic acids is 2. The van der Waals surface area contributed by atoms with Gasteiger partial charge in [-0.05, 0) is 81.9 Å². The van der Waals surface area contributed by atoms with Crippen molar-refractivity contribution in [3.8, 4) is 43.4 Å². The molecule has 7 aromatic heterocycles. The van der Waals surface area contributed by atoms with Gasteiger partial charge in [-0.1, -0.05) is 44.2 Å². The number of pyridine rings is 1. The number of hydrogen-bond acceptors (Lipinski definition) is 24. The van der Waals surface area contributed by atoms with E-state index in [2.05, 4.69) is 26.6 Å². The van der Waals surface area contributed by atoms with E-state index in [9.17, 15) is 53.7 Å². The topological polar surface area (TPSA) is 369 Å². The molecule has 8 aromatic rings. The maximum absolute atomic E-state index is 14.5. The van der Waals surface area contributed by atoms with Crippen LogP contribution < -0.4 is 31.5 Å². The molecule has 2 saturated carbocycles. The van der Waals surface area contributed by atoms with Crippen LogP contribution in [0.25, 0.3) is 43.4 Å². The summed E-state index contributed by atoms with van der Waals surface area (Å²) in [7, 11) is 2.92. The van der Waals surface area contributed by atoms with Crippen LogP contribution in [0.15, 0.2) is 64.0 Å². The molecule has 0 saturated heterocycles. The molecule has 10 bridgehead atoms. The molecule has 8 heterocycles. The van der Waals surface area contributed by atoms with Crippen LogP contribution in [0.5, 0.6) is 0 Å². The van der Waals surface area contributed by atoms with Crippen LogP contribution in [0, 0.1) is 24.7 Å². The van der Waals surface area contributed by atoms with Crippen molar-refractivity contribution in [1.82, 2.24) is 61.5 Å². The lowest BCUT2D eigenvalue weighted by Gasteiger charge is -2.35. The largest absolute Gasteiger partial charge is 0.481 e. The minimum Gasteiger partial charge on any atom is -0.481 e. The average Bonchev–Trinajstić information content (AvgIpc) is 1.73. The van der Waals surface area contributed by atoms with E-state index in [0.29, 0.717) is 120 Å². The van der Waals surface area contributed by atoms with Gasteiger partial charge in [0.05, 0.1) is 54.1 Å². The van der Waals surface area contributed by atoms with Crippen molar-refractivity contribution < 1.29 is 63.1 Å². The highest BCUT2D eigenvalue weighted by Gasteiger charge is 2.38. The fourth-order valence-corrected chi connectivity index (χ4v) is 16.9. The molecule has 492 valence electrons. The van der Waals surface area contributed by atoms with Crippen LogP contribution in [0.4, 0.5) is 10.6 Å². The highest BCUT2D eigenvalue weighted by Crippen LogP contribution is 2.42. The van der Waals surface area contributed by atoms with Crippen LogP contribution >= 0.6 is 68.0 Å². The van der Waals surface area contributed by atoms with Crippen LogP contribution in [0.1, 0.15) is 158 Å². The number of nitrogens with zero attached hydrogens (tertiary/aromatic N) is 8. The number of aromatic nitrogens is 7. The molecule has 2 aliphatic carbocycles. The number of aryl methyl sites for hydroxylation is 1. The van der Waals surface area contributed by atoms with E-state index < -0.39 is 102 Å². The molecule has 26 nitrogen and oxygen atoms in total. The summed E-state index contributed by atoms with van der Waals surface area (Å²) < 4.78 is 11.5. The van der Waals surface area contributed by atoms with Crippen molar-refractivity contribution in [2.24, 2.45) is 17.8 Å². The Kier molecular flexibility index (Phi) is 21.1. The Hall–Kier alpha value is -8.37. The summed E-state index contributed by atoms with van der Waals surface area (Å²) in [5.41, 5.74) is 2.40. The van der Waals surface area contributed by atoms with E-state index in [1.54, 1.807) is 70.9 Å². The molecule has 1 aromatic carbocycles. The van der Waals surface area contributed by atoms with E-state index in [-0.39, 0.29) is 46.9 Å². The van der Waals surface area contributed by atoms with Crippen molar-refractivity contribution in [2.45, 2.75) is 122 Å². The number of benzene rings is 1. The van der Waals surface area contributed by atoms with Crippen LogP contribution in [-0.2, 0) is 35.3 Å². The molecule has 11 rings (SSSR count). The monoisotopic (exact) mass is 1390 g/mol. The number of fused-ring (bicyclic) bond motifs is 14. The minimum atomic E-state index is -1.31. The summed E-state index contributed by atoms with van der Waals surface area (Å²) >= 11 is 7.05. The molecule has 0 radical (unpaired) electrons. The Morgan fingerprint density at radius 2 is 1.31 bits per heavy atom. The number of anilines is 1. The van der Waals surface area contributed by atoms with E-state index in [1.165, 1.54) is 53.1 Å².